The highest BCUT2D eigenvalue weighted by Gasteiger charge is 2.08. The van der Waals surface area contributed by atoms with Crippen LogP contribution in [0.15, 0.2) is 30.3 Å². The molecule has 0 radical (unpaired) electrons. The number of hydrogen-bond acceptors (Lipinski definition) is 1. The standard InChI is InChI=1S/C16H27N/c1-3-5-9-16(14-17-12-4-2)13-15-10-7-6-8-11-15/h6-8,10-11,16-17H,3-5,9,12-14H2,1-2H3. The first-order chi connectivity index (χ1) is 8.36. The van der Waals surface area contributed by atoms with Gasteiger partial charge in [0, 0.05) is 0 Å². The predicted octanol–water partition coefficient (Wildman–Crippen LogP) is 4.04. The van der Waals surface area contributed by atoms with E-state index in [1.807, 2.05) is 0 Å². The minimum atomic E-state index is 0.795. The molecule has 17 heavy (non-hydrogen) atoms. The Morgan fingerprint density at radius 1 is 1.06 bits per heavy atom. The summed E-state index contributed by atoms with van der Waals surface area (Å²) in [6, 6.07) is 10.9. The normalized spacial score (nSPS) is 12.6. The number of nitrogens with one attached hydrogen (secondary N) is 1. The quantitative estimate of drug-likeness (QED) is 0.635. The van der Waals surface area contributed by atoms with E-state index in [-0.39, 0.29) is 0 Å². The van der Waals surface area contributed by atoms with E-state index in [2.05, 4.69) is 49.5 Å². The Kier molecular flexibility index (Phi) is 7.74. The second-order valence-corrected chi connectivity index (χ2v) is 4.90. The van der Waals surface area contributed by atoms with Crippen LogP contribution >= 0.6 is 0 Å². The molecule has 96 valence electrons. The Balaban J connectivity index is 2.39. The number of unbranched alkanes of at least 4 members (excludes halogenated alkanes) is 1. The summed E-state index contributed by atoms with van der Waals surface area (Å²) < 4.78 is 0. The maximum absolute atomic E-state index is 3.56. The fourth-order valence-corrected chi connectivity index (χ4v) is 2.20. The first-order valence-electron chi connectivity index (χ1n) is 7.11. The van der Waals surface area contributed by atoms with Gasteiger partial charge in [0.15, 0.2) is 0 Å². The third kappa shape index (κ3) is 6.48. The molecule has 0 aliphatic heterocycles. The van der Waals surface area contributed by atoms with E-state index >= 15 is 0 Å². The van der Waals surface area contributed by atoms with Crippen LogP contribution in [0, 0.1) is 5.92 Å². The summed E-state index contributed by atoms with van der Waals surface area (Å²) >= 11 is 0. The largest absolute Gasteiger partial charge is 0.316 e. The van der Waals surface area contributed by atoms with Crippen LogP contribution in [0.2, 0.25) is 0 Å². The second kappa shape index (κ2) is 9.23. The molecule has 1 aromatic carbocycles. The molecule has 1 nitrogen and oxygen atoms in total. The van der Waals surface area contributed by atoms with Gasteiger partial charge < -0.3 is 5.32 Å². The van der Waals surface area contributed by atoms with Crippen LogP contribution < -0.4 is 5.32 Å². The first-order valence-corrected chi connectivity index (χ1v) is 7.11. The monoisotopic (exact) mass is 233 g/mol. The van der Waals surface area contributed by atoms with Crippen molar-refractivity contribution in [1.29, 1.82) is 0 Å². The highest BCUT2D eigenvalue weighted by molar-refractivity contribution is 5.15. The molecule has 0 saturated heterocycles. The fraction of sp³-hybridized carbons (Fsp3) is 0.625. The zero-order chi connectivity index (χ0) is 12.3. The Hall–Kier alpha value is -0.820. The lowest BCUT2D eigenvalue weighted by molar-refractivity contribution is 0.429. The summed E-state index contributed by atoms with van der Waals surface area (Å²) in [5, 5.41) is 3.56. The van der Waals surface area contributed by atoms with Crippen molar-refractivity contribution in [1.82, 2.24) is 5.32 Å². The summed E-state index contributed by atoms with van der Waals surface area (Å²) in [5.41, 5.74) is 1.48. The van der Waals surface area contributed by atoms with Crippen LogP contribution in [0.25, 0.3) is 0 Å². The molecule has 1 aromatic rings. The fourth-order valence-electron chi connectivity index (χ4n) is 2.20. The van der Waals surface area contributed by atoms with E-state index in [4.69, 9.17) is 0 Å². The SMILES string of the molecule is CCCCC(CNCCC)Cc1ccccc1. The first kappa shape index (κ1) is 14.2. The molecule has 1 heteroatoms. The highest BCUT2D eigenvalue weighted by Crippen LogP contribution is 2.14. The van der Waals surface area contributed by atoms with E-state index in [0.29, 0.717) is 0 Å². The van der Waals surface area contributed by atoms with Crippen LogP contribution in [0.4, 0.5) is 0 Å². The summed E-state index contributed by atoms with van der Waals surface area (Å²) in [4.78, 5) is 0. The summed E-state index contributed by atoms with van der Waals surface area (Å²) in [6.07, 6.45) is 6.45. The number of rotatable bonds is 9. The molecule has 1 unspecified atom stereocenters. The van der Waals surface area contributed by atoms with E-state index in [1.165, 1.54) is 44.2 Å². The van der Waals surface area contributed by atoms with Crippen LogP contribution in [-0.4, -0.2) is 13.1 Å². The molecular weight excluding hydrogens is 206 g/mol. The van der Waals surface area contributed by atoms with Crippen molar-refractivity contribution in [3.8, 4) is 0 Å². The number of benzene rings is 1. The van der Waals surface area contributed by atoms with Crippen molar-refractivity contribution in [3.63, 3.8) is 0 Å². The van der Waals surface area contributed by atoms with E-state index in [9.17, 15) is 0 Å². The lowest BCUT2D eigenvalue weighted by Gasteiger charge is -2.17. The molecule has 0 aromatic heterocycles. The Morgan fingerprint density at radius 2 is 1.82 bits per heavy atom. The van der Waals surface area contributed by atoms with Gasteiger partial charge in [-0.3, -0.25) is 0 Å². The molecule has 0 aliphatic rings. The van der Waals surface area contributed by atoms with Crippen LogP contribution in [0.3, 0.4) is 0 Å². The zero-order valence-corrected chi connectivity index (χ0v) is 11.4. The van der Waals surface area contributed by atoms with Gasteiger partial charge in [-0.1, -0.05) is 57.0 Å². The van der Waals surface area contributed by atoms with Crippen LogP contribution in [-0.2, 0) is 6.42 Å². The smallest absolute Gasteiger partial charge is 0.00173 e. The summed E-state index contributed by atoms with van der Waals surface area (Å²) in [5.74, 6) is 0.795. The van der Waals surface area contributed by atoms with Crippen molar-refractivity contribution in [2.75, 3.05) is 13.1 Å². The Morgan fingerprint density at radius 3 is 2.47 bits per heavy atom. The van der Waals surface area contributed by atoms with Gasteiger partial charge >= 0.3 is 0 Å². The molecule has 1 N–H and O–H groups in total. The van der Waals surface area contributed by atoms with E-state index in [1.54, 1.807) is 0 Å². The van der Waals surface area contributed by atoms with Crippen molar-refractivity contribution >= 4 is 0 Å². The van der Waals surface area contributed by atoms with Gasteiger partial charge in [-0.25, -0.2) is 0 Å². The molecule has 1 rings (SSSR count). The van der Waals surface area contributed by atoms with Gasteiger partial charge in [-0.05, 0) is 43.8 Å². The molecular formula is C16H27N. The molecule has 1 atom stereocenters. The highest BCUT2D eigenvalue weighted by atomic mass is 14.8. The summed E-state index contributed by atoms with van der Waals surface area (Å²) in [6.45, 7) is 6.82. The lowest BCUT2D eigenvalue weighted by atomic mass is 9.94. The molecule has 0 spiro atoms. The van der Waals surface area contributed by atoms with Gasteiger partial charge in [0.25, 0.3) is 0 Å². The molecule has 0 aliphatic carbocycles. The van der Waals surface area contributed by atoms with Gasteiger partial charge in [-0.15, -0.1) is 0 Å². The van der Waals surface area contributed by atoms with Crippen LogP contribution in [0.5, 0.6) is 0 Å². The number of hydrogen-bond donors (Lipinski definition) is 1. The topological polar surface area (TPSA) is 12.0 Å². The minimum absolute atomic E-state index is 0.795. The van der Waals surface area contributed by atoms with Gasteiger partial charge in [-0.2, -0.15) is 0 Å². The average molecular weight is 233 g/mol. The predicted molar refractivity (Wildman–Crippen MR) is 76.3 cm³/mol. The lowest BCUT2D eigenvalue weighted by Crippen LogP contribution is -2.25. The van der Waals surface area contributed by atoms with E-state index < -0.39 is 0 Å². The summed E-state index contributed by atoms with van der Waals surface area (Å²) in [7, 11) is 0. The van der Waals surface area contributed by atoms with Crippen LogP contribution in [0.1, 0.15) is 45.1 Å². The average Bonchev–Trinajstić information content (AvgIpc) is 2.37. The maximum Gasteiger partial charge on any atom is -0.00173 e. The third-order valence-corrected chi connectivity index (χ3v) is 3.19. The van der Waals surface area contributed by atoms with Crippen molar-refractivity contribution in [2.24, 2.45) is 5.92 Å². The molecule has 0 heterocycles. The van der Waals surface area contributed by atoms with Gasteiger partial charge in [0.1, 0.15) is 0 Å². The van der Waals surface area contributed by atoms with E-state index in [0.717, 1.165) is 12.5 Å². The molecule has 0 saturated carbocycles. The van der Waals surface area contributed by atoms with Crippen molar-refractivity contribution in [2.45, 2.75) is 46.0 Å². The molecule has 0 amide bonds. The van der Waals surface area contributed by atoms with Crippen molar-refractivity contribution < 1.29 is 0 Å². The molecule has 0 fully saturated rings. The molecule has 0 bridgehead atoms. The minimum Gasteiger partial charge on any atom is -0.316 e. The van der Waals surface area contributed by atoms with Crippen molar-refractivity contribution in [3.05, 3.63) is 35.9 Å². The van der Waals surface area contributed by atoms with Gasteiger partial charge in [0.05, 0.1) is 0 Å². The van der Waals surface area contributed by atoms with Gasteiger partial charge in [0.2, 0.25) is 0 Å². The third-order valence-electron chi connectivity index (χ3n) is 3.19. The Bertz CT molecular complexity index is 268. The second-order valence-electron chi connectivity index (χ2n) is 4.90. The maximum atomic E-state index is 3.56. The zero-order valence-electron chi connectivity index (χ0n) is 11.4. The Labute approximate surface area is 107 Å².